The lowest BCUT2D eigenvalue weighted by Crippen LogP contribution is -2.36. The van der Waals surface area contributed by atoms with E-state index in [4.69, 9.17) is 4.74 Å². The number of hydrogen-bond acceptors (Lipinski definition) is 4. The Morgan fingerprint density at radius 3 is 2.77 bits per heavy atom. The van der Waals surface area contributed by atoms with Crippen molar-refractivity contribution < 1.29 is 19.1 Å². The maximum atomic E-state index is 12.4. The third-order valence-corrected chi connectivity index (χ3v) is 3.99. The van der Waals surface area contributed by atoms with Gasteiger partial charge in [0.1, 0.15) is 0 Å². The molecule has 1 aromatic carbocycles. The molecule has 6 heteroatoms. The van der Waals surface area contributed by atoms with Crippen LogP contribution in [0.1, 0.15) is 46.9 Å². The Morgan fingerprint density at radius 1 is 1.32 bits per heavy atom. The lowest BCUT2D eigenvalue weighted by molar-refractivity contribution is -0.115. The van der Waals surface area contributed by atoms with Crippen LogP contribution in [0.5, 0.6) is 0 Å². The molecule has 2 aliphatic rings. The Morgan fingerprint density at radius 2 is 2.09 bits per heavy atom. The Labute approximate surface area is 128 Å². The van der Waals surface area contributed by atoms with E-state index < -0.39 is 0 Å². The van der Waals surface area contributed by atoms with Gasteiger partial charge in [-0.05, 0) is 31.0 Å². The van der Waals surface area contributed by atoms with Crippen LogP contribution in [-0.4, -0.2) is 41.9 Å². The summed E-state index contributed by atoms with van der Waals surface area (Å²) in [5, 5.41) is 2.70. The van der Waals surface area contributed by atoms with Crippen LogP contribution in [0.2, 0.25) is 0 Å². The second kappa shape index (κ2) is 5.88. The number of fused-ring (bicyclic) bond motifs is 1. The van der Waals surface area contributed by atoms with Crippen LogP contribution in [0, 0.1) is 0 Å². The zero-order valence-corrected chi connectivity index (χ0v) is 12.4. The van der Waals surface area contributed by atoms with Gasteiger partial charge in [0.05, 0.1) is 23.8 Å². The summed E-state index contributed by atoms with van der Waals surface area (Å²) < 4.78 is 5.50. The number of nitrogens with one attached hydrogen (secondary N) is 1. The number of anilines is 1. The molecule has 0 radical (unpaired) electrons. The molecule has 1 saturated heterocycles. The molecule has 0 spiro atoms. The number of nitrogens with zero attached hydrogens (tertiary/aromatic N) is 1. The van der Waals surface area contributed by atoms with Crippen LogP contribution >= 0.6 is 0 Å². The van der Waals surface area contributed by atoms with Gasteiger partial charge in [-0.25, -0.2) is 0 Å². The number of carbonyl (C=O) groups is 3. The molecular weight excluding hydrogens is 284 g/mol. The number of carbonyl (C=O) groups excluding carboxylic acids is 3. The van der Waals surface area contributed by atoms with Gasteiger partial charge in [0.25, 0.3) is 11.8 Å². The molecule has 22 heavy (non-hydrogen) atoms. The van der Waals surface area contributed by atoms with Crippen LogP contribution in [-0.2, 0) is 9.53 Å². The minimum absolute atomic E-state index is 0.0681. The second-order valence-corrected chi connectivity index (χ2v) is 5.52. The van der Waals surface area contributed by atoms with Gasteiger partial charge < -0.3 is 10.1 Å². The monoisotopic (exact) mass is 302 g/mol. The average Bonchev–Trinajstić information content (AvgIpc) is 3.11. The number of ether oxygens (including phenoxy) is 1. The van der Waals surface area contributed by atoms with Crippen molar-refractivity contribution in [2.24, 2.45) is 0 Å². The lowest BCUT2D eigenvalue weighted by atomic mass is 10.1. The van der Waals surface area contributed by atoms with Gasteiger partial charge in [-0.1, -0.05) is 6.92 Å². The van der Waals surface area contributed by atoms with Crippen molar-refractivity contribution in [2.45, 2.75) is 32.3 Å². The first kappa shape index (κ1) is 14.7. The molecule has 1 fully saturated rings. The molecule has 0 unspecified atom stereocenters. The molecule has 2 heterocycles. The summed E-state index contributed by atoms with van der Waals surface area (Å²) >= 11 is 0. The first-order valence-electron chi connectivity index (χ1n) is 7.52. The second-order valence-electron chi connectivity index (χ2n) is 5.52. The predicted molar refractivity (Wildman–Crippen MR) is 79.7 cm³/mol. The Bertz CT molecular complexity index is 635. The highest BCUT2D eigenvalue weighted by molar-refractivity contribution is 6.21. The minimum atomic E-state index is -0.317. The first-order valence-corrected chi connectivity index (χ1v) is 7.52. The zero-order chi connectivity index (χ0) is 15.7. The molecule has 3 rings (SSSR count). The summed E-state index contributed by atoms with van der Waals surface area (Å²) in [4.78, 5) is 37.5. The molecular formula is C16H18N2O4. The van der Waals surface area contributed by atoms with Crippen LogP contribution in [0.25, 0.3) is 0 Å². The summed E-state index contributed by atoms with van der Waals surface area (Å²) in [5.41, 5.74) is 1.26. The summed E-state index contributed by atoms with van der Waals surface area (Å²) in [6, 6.07) is 4.81. The fourth-order valence-corrected chi connectivity index (χ4v) is 2.78. The van der Waals surface area contributed by atoms with Gasteiger partial charge in [-0.3, -0.25) is 19.3 Å². The van der Waals surface area contributed by atoms with E-state index in [9.17, 15) is 14.4 Å². The van der Waals surface area contributed by atoms with E-state index in [1.807, 2.05) is 0 Å². The van der Waals surface area contributed by atoms with E-state index in [1.165, 1.54) is 4.90 Å². The van der Waals surface area contributed by atoms with E-state index in [-0.39, 0.29) is 23.8 Å². The average molecular weight is 302 g/mol. The Hall–Kier alpha value is -2.21. The maximum absolute atomic E-state index is 12.4. The fraction of sp³-hybridized carbons (Fsp3) is 0.438. The highest BCUT2D eigenvalue weighted by Gasteiger charge is 2.37. The van der Waals surface area contributed by atoms with Gasteiger partial charge in [0.15, 0.2) is 0 Å². The van der Waals surface area contributed by atoms with Gasteiger partial charge >= 0.3 is 0 Å². The van der Waals surface area contributed by atoms with Gasteiger partial charge in [0, 0.05) is 18.7 Å². The highest BCUT2D eigenvalue weighted by atomic mass is 16.5. The number of rotatable bonds is 4. The lowest BCUT2D eigenvalue weighted by Gasteiger charge is -2.17. The van der Waals surface area contributed by atoms with Crippen LogP contribution in [0.3, 0.4) is 0 Å². The van der Waals surface area contributed by atoms with Crippen molar-refractivity contribution in [1.29, 1.82) is 0 Å². The number of benzene rings is 1. The quantitative estimate of drug-likeness (QED) is 0.861. The number of amides is 3. The van der Waals surface area contributed by atoms with E-state index in [0.717, 1.165) is 12.8 Å². The fourth-order valence-electron chi connectivity index (χ4n) is 2.78. The van der Waals surface area contributed by atoms with Crippen molar-refractivity contribution in [3.63, 3.8) is 0 Å². The normalized spacial score (nSPS) is 20.4. The Kier molecular flexibility index (Phi) is 3.94. The van der Waals surface area contributed by atoms with Gasteiger partial charge in [-0.15, -0.1) is 0 Å². The topological polar surface area (TPSA) is 75.7 Å². The molecule has 1 aromatic rings. The molecule has 1 N–H and O–H groups in total. The number of hydrogen-bond donors (Lipinski definition) is 1. The van der Waals surface area contributed by atoms with Crippen molar-refractivity contribution in [3.05, 3.63) is 29.3 Å². The molecule has 116 valence electrons. The summed E-state index contributed by atoms with van der Waals surface area (Å²) in [6.07, 6.45) is 2.11. The zero-order valence-electron chi connectivity index (χ0n) is 12.4. The molecule has 0 bridgehead atoms. The predicted octanol–water partition coefficient (Wildman–Crippen LogP) is 1.81. The molecule has 2 aliphatic heterocycles. The SMILES string of the molecule is CCC(=O)Nc1ccc2c(c1)C(=O)N(C[C@@H]1CCCO1)C2=O. The molecule has 6 nitrogen and oxygen atoms in total. The van der Waals surface area contributed by atoms with Crippen molar-refractivity contribution in [3.8, 4) is 0 Å². The molecule has 0 saturated carbocycles. The van der Waals surface area contributed by atoms with E-state index >= 15 is 0 Å². The van der Waals surface area contributed by atoms with E-state index in [1.54, 1.807) is 25.1 Å². The summed E-state index contributed by atoms with van der Waals surface area (Å²) in [7, 11) is 0. The number of imide groups is 1. The van der Waals surface area contributed by atoms with Gasteiger partial charge in [0.2, 0.25) is 5.91 Å². The maximum Gasteiger partial charge on any atom is 0.261 e. The highest BCUT2D eigenvalue weighted by Crippen LogP contribution is 2.27. The van der Waals surface area contributed by atoms with E-state index in [2.05, 4.69) is 5.32 Å². The molecule has 0 aromatic heterocycles. The Balaban J connectivity index is 1.80. The first-order chi connectivity index (χ1) is 10.6. The molecule has 1 atom stereocenters. The molecule has 0 aliphatic carbocycles. The largest absolute Gasteiger partial charge is 0.376 e. The van der Waals surface area contributed by atoms with Crippen molar-refractivity contribution in [2.75, 3.05) is 18.5 Å². The van der Waals surface area contributed by atoms with Gasteiger partial charge in [-0.2, -0.15) is 0 Å². The summed E-state index contributed by atoms with van der Waals surface area (Å²) in [5.74, 6) is -0.736. The third kappa shape index (κ3) is 2.62. The van der Waals surface area contributed by atoms with Crippen molar-refractivity contribution >= 4 is 23.4 Å². The smallest absolute Gasteiger partial charge is 0.261 e. The van der Waals surface area contributed by atoms with Crippen molar-refractivity contribution in [1.82, 2.24) is 4.90 Å². The summed E-state index contributed by atoms with van der Waals surface area (Å²) in [6.45, 7) is 2.73. The van der Waals surface area contributed by atoms with Crippen LogP contribution in [0.4, 0.5) is 5.69 Å². The van der Waals surface area contributed by atoms with Crippen LogP contribution in [0.15, 0.2) is 18.2 Å². The third-order valence-electron chi connectivity index (χ3n) is 3.99. The van der Waals surface area contributed by atoms with E-state index in [0.29, 0.717) is 36.4 Å². The molecule has 3 amide bonds. The standard InChI is InChI=1S/C16H18N2O4/c1-2-14(19)17-10-5-6-12-13(8-10)16(21)18(15(12)20)9-11-4-3-7-22-11/h5-6,8,11H,2-4,7,9H2,1H3,(H,17,19)/t11-/m0/s1. The van der Waals surface area contributed by atoms with Crippen LogP contribution < -0.4 is 5.32 Å². The minimum Gasteiger partial charge on any atom is -0.376 e.